The number of aromatic nitrogens is 3. The molecule has 0 radical (unpaired) electrons. The van der Waals surface area contributed by atoms with Gasteiger partial charge in [0.2, 0.25) is 0 Å². The van der Waals surface area contributed by atoms with Crippen molar-refractivity contribution in [1.82, 2.24) is 15.0 Å². The highest BCUT2D eigenvalue weighted by atomic mass is 32.1. The monoisotopic (exact) mass is 663 g/mol. The minimum absolute atomic E-state index is 0.626. The van der Waals surface area contributed by atoms with Gasteiger partial charge in [0, 0.05) is 47.8 Å². The van der Waals surface area contributed by atoms with Crippen LogP contribution >= 0.6 is 11.3 Å². The van der Waals surface area contributed by atoms with E-state index in [9.17, 15) is 0 Å². The fraction of sp³-hybridized carbons (Fsp3) is 0.0889. The van der Waals surface area contributed by atoms with E-state index < -0.39 is 0 Å². The van der Waals surface area contributed by atoms with E-state index in [1.54, 1.807) is 0 Å². The van der Waals surface area contributed by atoms with Crippen LogP contribution in [0.1, 0.15) is 31.2 Å². The van der Waals surface area contributed by atoms with Crippen molar-refractivity contribution in [3.8, 4) is 45.3 Å². The molecule has 0 saturated heterocycles. The number of furan rings is 1. The Hall–Kier alpha value is -5.91. The highest BCUT2D eigenvalue weighted by molar-refractivity contribution is 7.17. The maximum Gasteiger partial charge on any atom is 0.165 e. The molecule has 240 valence electrons. The summed E-state index contributed by atoms with van der Waals surface area (Å²) in [4.78, 5) is 15.4. The van der Waals surface area contributed by atoms with Gasteiger partial charge < -0.3 is 4.42 Å². The van der Waals surface area contributed by atoms with Gasteiger partial charge in [-0.15, -0.1) is 11.3 Å². The van der Waals surface area contributed by atoms with Gasteiger partial charge in [0.1, 0.15) is 5.58 Å². The van der Waals surface area contributed by atoms with Crippen molar-refractivity contribution in [2.75, 3.05) is 0 Å². The molecule has 9 rings (SSSR count). The average molecular weight is 664 g/mol. The molecule has 0 N–H and O–H groups in total. The number of para-hydroxylation sites is 1. The van der Waals surface area contributed by atoms with Gasteiger partial charge in [0.25, 0.3) is 0 Å². The predicted molar refractivity (Wildman–Crippen MR) is 209 cm³/mol. The predicted octanol–water partition coefficient (Wildman–Crippen LogP) is 10.7. The molecule has 7 aromatic rings. The van der Waals surface area contributed by atoms with E-state index in [4.69, 9.17) is 19.4 Å². The van der Waals surface area contributed by atoms with Crippen LogP contribution in [-0.2, 0) is 0 Å². The summed E-state index contributed by atoms with van der Waals surface area (Å²) in [5, 5.41) is 3.65. The summed E-state index contributed by atoms with van der Waals surface area (Å²) >= 11 is 1.83. The molecule has 0 fully saturated rings. The number of fused-ring (bicyclic) bond motifs is 4. The lowest BCUT2D eigenvalue weighted by atomic mass is 9.97. The highest BCUT2D eigenvalue weighted by Gasteiger charge is 2.20. The molecule has 3 heterocycles. The first-order chi connectivity index (χ1) is 24.8. The molecule has 0 unspecified atom stereocenters. The van der Waals surface area contributed by atoms with Crippen molar-refractivity contribution < 1.29 is 4.42 Å². The molecule has 0 amide bonds. The Kier molecular flexibility index (Phi) is 7.96. The third kappa shape index (κ3) is 5.66. The minimum atomic E-state index is 0.626. The summed E-state index contributed by atoms with van der Waals surface area (Å²) < 4.78 is 8.83. The van der Waals surface area contributed by atoms with Crippen LogP contribution in [-0.4, -0.2) is 15.0 Å². The van der Waals surface area contributed by atoms with E-state index in [0.717, 1.165) is 70.0 Å². The average Bonchev–Trinajstić information content (AvgIpc) is 3.79. The van der Waals surface area contributed by atoms with Crippen molar-refractivity contribution in [2.45, 2.75) is 25.7 Å². The van der Waals surface area contributed by atoms with E-state index in [-0.39, 0.29) is 0 Å². The van der Waals surface area contributed by atoms with Crippen LogP contribution in [0.2, 0.25) is 0 Å². The molecule has 0 atom stereocenters. The zero-order chi connectivity index (χ0) is 33.3. The smallest absolute Gasteiger partial charge is 0.165 e. The van der Waals surface area contributed by atoms with Gasteiger partial charge in [0.15, 0.2) is 17.5 Å². The summed E-state index contributed by atoms with van der Waals surface area (Å²) in [5.74, 6) is 1.94. The topological polar surface area (TPSA) is 51.8 Å². The van der Waals surface area contributed by atoms with Crippen molar-refractivity contribution in [2.24, 2.45) is 0 Å². The molecular weight excluding hydrogens is 631 g/mol. The second kappa shape index (κ2) is 13.2. The Balaban J connectivity index is 1.17. The van der Waals surface area contributed by atoms with Crippen LogP contribution in [0.4, 0.5) is 0 Å². The number of allylic oxidation sites excluding steroid dienone is 7. The Labute approximate surface area is 294 Å². The molecule has 2 aliphatic carbocycles. The van der Waals surface area contributed by atoms with Crippen LogP contribution in [0, 0.1) is 0 Å². The Morgan fingerprint density at radius 2 is 1.28 bits per heavy atom. The number of hydrogen-bond donors (Lipinski definition) is 0. The molecule has 4 aromatic carbocycles. The fourth-order valence-electron chi connectivity index (χ4n) is 6.88. The molecule has 5 heteroatoms. The molecule has 3 aromatic heterocycles. The summed E-state index contributed by atoms with van der Waals surface area (Å²) in [7, 11) is 0. The number of thiophene rings is 1. The largest absolute Gasteiger partial charge is 0.463 e. The van der Waals surface area contributed by atoms with Crippen molar-refractivity contribution in [3.63, 3.8) is 0 Å². The number of hydrogen-bond acceptors (Lipinski definition) is 5. The number of rotatable bonds is 7. The molecule has 2 aliphatic rings. The normalized spacial score (nSPS) is 14.3. The Morgan fingerprint density at radius 1 is 0.580 bits per heavy atom. The Bertz CT molecular complexity index is 2650. The quantitative estimate of drug-likeness (QED) is 0.159. The van der Waals surface area contributed by atoms with Gasteiger partial charge in [-0.25, -0.2) is 15.0 Å². The van der Waals surface area contributed by atoms with E-state index in [0.29, 0.717) is 17.5 Å². The summed E-state index contributed by atoms with van der Waals surface area (Å²) in [6, 6.07) is 31.3. The second-order valence-electron chi connectivity index (χ2n) is 12.5. The molecule has 0 bridgehead atoms. The standard InChI is InChI=1S/C45H33N3OS/c1-3-15-30(16-4-1)17-7-8-20-32-29-49-41-33(32)24-13-25-36(41)34-21-9-10-23-38(34)44-46-43(31-18-5-2-6-19-31)47-45(48-44)39-27-14-26-37-35-22-11-12-28-40(35)50-42(37)39/h2-3,5-10,13-29H,1,4,11-12H2/b17-7+,20-8-. The molecule has 0 aliphatic heterocycles. The van der Waals surface area contributed by atoms with E-state index in [2.05, 4.69) is 121 Å². The first kappa shape index (κ1) is 30.2. The first-order valence-corrected chi connectivity index (χ1v) is 18.0. The van der Waals surface area contributed by atoms with Crippen LogP contribution in [0.5, 0.6) is 0 Å². The molecule has 0 saturated carbocycles. The van der Waals surface area contributed by atoms with Crippen LogP contribution < -0.4 is 9.75 Å². The van der Waals surface area contributed by atoms with Crippen molar-refractivity contribution >= 4 is 50.6 Å². The lowest BCUT2D eigenvalue weighted by Gasteiger charge is -2.12. The van der Waals surface area contributed by atoms with Crippen LogP contribution in [0.3, 0.4) is 0 Å². The minimum Gasteiger partial charge on any atom is -0.463 e. The third-order valence-electron chi connectivity index (χ3n) is 9.32. The first-order valence-electron chi connectivity index (χ1n) is 17.2. The van der Waals surface area contributed by atoms with E-state index in [1.165, 1.54) is 25.4 Å². The van der Waals surface area contributed by atoms with Gasteiger partial charge in [-0.3, -0.25) is 0 Å². The van der Waals surface area contributed by atoms with E-state index in [1.807, 2.05) is 41.9 Å². The van der Waals surface area contributed by atoms with Gasteiger partial charge in [-0.1, -0.05) is 140 Å². The molecule has 50 heavy (non-hydrogen) atoms. The summed E-state index contributed by atoms with van der Waals surface area (Å²) in [6.07, 6.45) is 26.0. The highest BCUT2D eigenvalue weighted by Crippen LogP contribution is 2.38. The Morgan fingerprint density at radius 3 is 2.14 bits per heavy atom. The summed E-state index contributed by atoms with van der Waals surface area (Å²) in [6.45, 7) is 0. The zero-order valence-electron chi connectivity index (χ0n) is 27.4. The maximum absolute atomic E-state index is 6.29. The van der Waals surface area contributed by atoms with Crippen LogP contribution in [0.25, 0.3) is 84.6 Å². The number of nitrogens with zero attached hydrogens (tertiary/aromatic N) is 3. The SMILES string of the molecule is C1=CC(/C=C/C=C\c2coc3c(-c4ccccc4-c4nc(-c5ccccc5)nc(-c5cccc6c7c(sc56)=CCCC=7)n4)cccc23)=CCC1. The number of benzene rings is 4. The maximum atomic E-state index is 6.29. The van der Waals surface area contributed by atoms with Crippen molar-refractivity contribution in [3.05, 3.63) is 155 Å². The van der Waals surface area contributed by atoms with Gasteiger partial charge in [-0.2, -0.15) is 0 Å². The van der Waals surface area contributed by atoms with Gasteiger partial charge in [-0.05, 0) is 48.1 Å². The third-order valence-corrected chi connectivity index (χ3v) is 10.6. The molecule has 0 spiro atoms. The molecule has 4 nitrogen and oxygen atoms in total. The summed E-state index contributed by atoms with van der Waals surface area (Å²) in [5.41, 5.74) is 8.01. The van der Waals surface area contributed by atoms with Crippen molar-refractivity contribution in [1.29, 1.82) is 0 Å². The molecular formula is C45H33N3OS. The zero-order valence-corrected chi connectivity index (χ0v) is 28.2. The lowest BCUT2D eigenvalue weighted by molar-refractivity contribution is 0.616. The van der Waals surface area contributed by atoms with Gasteiger partial charge >= 0.3 is 0 Å². The second-order valence-corrected chi connectivity index (χ2v) is 13.6. The fourth-order valence-corrected chi connectivity index (χ4v) is 8.17. The van der Waals surface area contributed by atoms with Crippen LogP contribution in [0.15, 0.2) is 144 Å². The van der Waals surface area contributed by atoms with Gasteiger partial charge in [0.05, 0.1) is 6.26 Å². The van der Waals surface area contributed by atoms with E-state index >= 15 is 0 Å². The lowest BCUT2D eigenvalue weighted by Crippen LogP contribution is -2.20.